The molecule has 25 heavy (non-hydrogen) atoms. The summed E-state index contributed by atoms with van der Waals surface area (Å²) < 4.78 is 32.8. The highest BCUT2D eigenvalue weighted by Crippen LogP contribution is 2.43. The zero-order valence-corrected chi connectivity index (χ0v) is 14.0. The van der Waals surface area contributed by atoms with E-state index in [1.807, 2.05) is 0 Å². The predicted molar refractivity (Wildman–Crippen MR) is 88.4 cm³/mol. The van der Waals surface area contributed by atoms with Gasteiger partial charge in [-0.25, -0.2) is 18.5 Å². The van der Waals surface area contributed by atoms with Crippen molar-refractivity contribution in [2.75, 3.05) is 4.90 Å². The van der Waals surface area contributed by atoms with Gasteiger partial charge in [0.25, 0.3) is 0 Å². The van der Waals surface area contributed by atoms with Gasteiger partial charge in [0.2, 0.25) is 5.91 Å². The first-order valence-corrected chi connectivity index (χ1v) is 7.80. The van der Waals surface area contributed by atoms with Crippen LogP contribution >= 0.6 is 0 Å². The smallest absolute Gasteiger partial charge is 0.421 e. The number of fused-ring (bicyclic) bond motifs is 1. The molecule has 4 nitrogen and oxygen atoms in total. The number of rotatable bonds is 1. The van der Waals surface area contributed by atoms with E-state index >= 15 is 0 Å². The van der Waals surface area contributed by atoms with E-state index in [2.05, 4.69) is 0 Å². The van der Waals surface area contributed by atoms with E-state index in [1.54, 1.807) is 26.8 Å². The number of para-hydroxylation sites is 1. The minimum Gasteiger partial charge on any atom is -0.443 e. The summed E-state index contributed by atoms with van der Waals surface area (Å²) in [6, 6.07) is 9.56. The van der Waals surface area contributed by atoms with E-state index in [0.717, 1.165) is 4.90 Å². The molecule has 0 fully saturated rings. The third kappa shape index (κ3) is 3.12. The summed E-state index contributed by atoms with van der Waals surface area (Å²) >= 11 is 0. The largest absolute Gasteiger partial charge is 0.443 e. The molecule has 0 bridgehead atoms. The van der Waals surface area contributed by atoms with E-state index in [4.69, 9.17) is 4.74 Å². The third-order valence-electron chi connectivity index (χ3n) is 3.80. The van der Waals surface area contributed by atoms with Crippen LogP contribution in [0.1, 0.15) is 37.8 Å². The van der Waals surface area contributed by atoms with Crippen LogP contribution in [0.15, 0.2) is 42.5 Å². The van der Waals surface area contributed by atoms with Crippen molar-refractivity contribution in [3.8, 4) is 0 Å². The highest BCUT2D eigenvalue weighted by molar-refractivity contribution is 6.20. The van der Waals surface area contributed by atoms with Gasteiger partial charge in [0.05, 0.1) is 11.6 Å². The fraction of sp³-hybridized carbons (Fsp3) is 0.263. The molecule has 1 aliphatic heterocycles. The average molecular weight is 345 g/mol. The summed E-state index contributed by atoms with van der Waals surface area (Å²) in [6.45, 7) is 4.97. The summed E-state index contributed by atoms with van der Waals surface area (Å²) in [7, 11) is 0. The van der Waals surface area contributed by atoms with Gasteiger partial charge < -0.3 is 4.74 Å². The topological polar surface area (TPSA) is 46.6 Å². The Hall–Kier alpha value is -2.76. The van der Waals surface area contributed by atoms with Crippen LogP contribution in [-0.2, 0) is 9.53 Å². The Labute approximate surface area is 144 Å². The second kappa shape index (κ2) is 5.95. The van der Waals surface area contributed by atoms with Crippen molar-refractivity contribution in [3.63, 3.8) is 0 Å². The molecule has 0 saturated heterocycles. The lowest BCUT2D eigenvalue weighted by Crippen LogP contribution is -2.40. The molecule has 6 heteroatoms. The van der Waals surface area contributed by atoms with E-state index in [0.29, 0.717) is 11.1 Å². The lowest BCUT2D eigenvalue weighted by molar-refractivity contribution is -0.118. The lowest BCUT2D eigenvalue weighted by atomic mass is 9.92. The summed E-state index contributed by atoms with van der Waals surface area (Å²) in [5, 5.41) is 0. The van der Waals surface area contributed by atoms with Gasteiger partial charge in [0.15, 0.2) is 0 Å². The molecule has 0 saturated carbocycles. The number of anilines is 1. The molecule has 3 rings (SSSR count). The predicted octanol–water partition coefficient (Wildman–Crippen LogP) is 4.38. The molecule has 2 aromatic rings. The summed E-state index contributed by atoms with van der Waals surface area (Å²) in [5.41, 5.74) is -0.126. The van der Waals surface area contributed by atoms with Gasteiger partial charge in [-0.2, -0.15) is 0 Å². The summed E-state index contributed by atoms with van der Waals surface area (Å²) in [5.74, 6) is -2.65. The van der Waals surface area contributed by atoms with Crippen LogP contribution in [0, 0.1) is 11.6 Å². The molecule has 1 atom stereocenters. The van der Waals surface area contributed by atoms with E-state index < -0.39 is 35.2 Å². The highest BCUT2D eigenvalue weighted by Gasteiger charge is 2.45. The Morgan fingerprint density at radius 1 is 1.08 bits per heavy atom. The van der Waals surface area contributed by atoms with Gasteiger partial charge >= 0.3 is 6.09 Å². The normalized spacial score (nSPS) is 16.8. The molecular weight excluding hydrogens is 328 g/mol. The number of imide groups is 1. The molecule has 0 aliphatic carbocycles. The second-order valence-corrected chi connectivity index (χ2v) is 6.82. The highest BCUT2D eigenvalue weighted by atomic mass is 19.1. The van der Waals surface area contributed by atoms with Crippen molar-refractivity contribution in [3.05, 3.63) is 65.2 Å². The third-order valence-corrected chi connectivity index (χ3v) is 3.80. The number of halogens is 2. The van der Waals surface area contributed by atoms with E-state index in [1.165, 1.54) is 36.4 Å². The van der Waals surface area contributed by atoms with Crippen molar-refractivity contribution in [1.82, 2.24) is 0 Å². The van der Waals surface area contributed by atoms with Crippen molar-refractivity contribution >= 4 is 17.7 Å². The number of carbonyl (C=O) groups excluding carboxylic acids is 2. The van der Waals surface area contributed by atoms with Gasteiger partial charge in [-0.1, -0.05) is 24.3 Å². The van der Waals surface area contributed by atoms with Gasteiger partial charge in [-0.3, -0.25) is 4.79 Å². The fourth-order valence-electron chi connectivity index (χ4n) is 2.84. The molecule has 0 radical (unpaired) electrons. The zero-order chi connectivity index (χ0) is 18.4. The Bertz CT molecular complexity index is 841. The Balaban J connectivity index is 2.10. The Morgan fingerprint density at radius 3 is 2.32 bits per heavy atom. The zero-order valence-electron chi connectivity index (χ0n) is 14.0. The van der Waals surface area contributed by atoms with Gasteiger partial charge in [-0.15, -0.1) is 0 Å². The second-order valence-electron chi connectivity index (χ2n) is 6.82. The number of hydrogen-bond acceptors (Lipinski definition) is 3. The Morgan fingerprint density at radius 2 is 1.72 bits per heavy atom. The SMILES string of the molecule is CC(C)(C)OC(=O)N1C(=O)C(c2ccc(F)cc2)c2cccc(F)c21. The van der Waals surface area contributed by atoms with Crippen LogP contribution in [0.3, 0.4) is 0 Å². The van der Waals surface area contributed by atoms with Crippen molar-refractivity contribution < 1.29 is 23.1 Å². The maximum Gasteiger partial charge on any atom is 0.421 e. The van der Waals surface area contributed by atoms with Crippen molar-refractivity contribution in [2.24, 2.45) is 0 Å². The molecule has 0 spiro atoms. The van der Waals surface area contributed by atoms with Crippen molar-refractivity contribution in [2.45, 2.75) is 32.3 Å². The van der Waals surface area contributed by atoms with Crippen LogP contribution in [0.5, 0.6) is 0 Å². The van der Waals surface area contributed by atoms with Gasteiger partial charge in [0.1, 0.15) is 17.2 Å². The first-order valence-electron chi connectivity index (χ1n) is 7.80. The molecule has 1 aliphatic rings. The number of ether oxygens (including phenoxy) is 1. The van der Waals surface area contributed by atoms with Gasteiger partial charge in [-0.05, 0) is 50.1 Å². The standard InChI is InChI=1S/C19H17F2NO3/c1-19(2,3)25-18(24)22-16-13(5-4-6-14(16)21)15(17(22)23)11-7-9-12(20)10-8-11/h4-10,15H,1-3H3. The maximum atomic E-state index is 14.4. The van der Waals surface area contributed by atoms with Crippen LogP contribution in [-0.4, -0.2) is 17.6 Å². The van der Waals surface area contributed by atoms with Crippen LogP contribution in [0.25, 0.3) is 0 Å². The maximum absolute atomic E-state index is 14.4. The van der Waals surface area contributed by atoms with Crippen LogP contribution in [0.4, 0.5) is 19.3 Å². The average Bonchev–Trinajstić information content (AvgIpc) is 2.80. The fourth-order valence-corrected chi connectivity index (χ4v) is 2.84. The summed E-state index contributed by atoms with van der Waals surface area (Å²) in [6.07, 6.45) is -0.937. The monoisotopic (exact) mass is 345 g/mol. The molecular formula is C19H17F2NO3. The van der Waals surface area contributed by atoms with Crippen LogP contribution < -0.4 is 4.90 Å². The molecule has 0 aromatic heterocycles. The van der Waals surface area contributed by atoms with E-state index in [9.17, 15) is 18.4 Å². The number of carbonyl (C=O) groups is 2. The van der Waals surface area contributed by atoms with Crippen LogP contribution in [0.2, 0.25) is 0 Å². The first kappa shape index (κ1) is 17.1. The quantitative estimate of drug-likeness (QED) is 0.771. The number of nitrogens with zero attached hydrogens (tertiary/aromatic N) is 1. The van der Waals surface area contributed by atoms with Gasteiger partial charge in [0, 0.05) is 0 Å². The number of amides is 2. The number of benzene rings is 2. The number of hydrogen-bond donors (Lipinski definition) is 0. The Kier molecular flexibility index (Phi) is 4.06. The van der Waals surface area contributed by atoms with Crippen molar-refractivity contribution in [1.29, 1.82) is 0 Å². The minimum atomic E-state index is -0.937. The summed E-state index contributed by atoms with van der Waals surface area (Å²) in [4.78, 5) is 26.1. The molecule has 2 aromatic carbocycles. The first-order chi connectivity index (χ1) is 11.7. The molecule has 1 heterocycles. The van der Waals surface area contributed by atoms with E-state index in [-0.39, 0.29) is 5.69 Å². The lowest BCUT2D eigenvalue weighted by Gasteiger charge is -2.24. The molecule has 2 amide bonds. The molecule has 1 unspecified atom stereocenters. The molecule has 130 valence electrons. The minimum absolute atomic E-state index is 0.115. The molecule has 0 N–H and O–H groups in total.